The van der Waals surface area contributed by atoms with Crippen LogP contribution in [0.1, 0.15) is 10.4 Å². The Bertz CT molecular complexity index is 405. The van der Waals surface area contributed by atoms with E-state index in [0.717, 1.165) is 29.1 Å². The number of phenolic OH excluding ortho intramolecular Hbond substituents is 1. The van der Waals surface area contributed by atoms with Crippen LogP contribution >= 0.6 is 27.7 Å². The third-order valence-corrected chi connectivity index (χ3v) is 3.92. The molecule has 0 atom stereocenters. The summed E-state index contributed by atoms with van der Waals surface area (Å²) in [6.45, 7) is 1.52. The standard InChI is InChI=1S/C11H12BrNO2S/c12-8-1-2-10(14)9(7-8)11(15)13-3-5-16-6-4-13/h1-2,7,14H,3-6H2. The summed E-state index contributed by atoms with van der Waals surface area (Å²) in [5.74, 6) is 1.91. The molecule has 16 heavy (non-hydrogen) atoms. The fraction of sp³-hybridized carbons (Fsp3) is 0.364. The lowest BCUT2D eigenvalue weighted by Gasteiger charge is -2.26. The van der Waals surface area contributed by atoms with Gasteiger partial charge in [0, 0.05) is 29.1 Å². The van der Waals surface area contributed by atoms with E-state index in [9.17, 15) is 9.90 Å². The monoisotopic (exact) mass is 301 g/mol. The first-order valence-corrected chi connectivity index (χ1v) is 6.99. The van der Waals surface area contributed by atoms with Gasteiger partial charge in [-0.1, -0.05) is 15.9 Å². The molecule has 1 saturated heterocycles. The second kappa shape index (κ2) is 5.10. The number of thioether (sulfide) groups is 1. The van der Waals surface area contributed by atoms with Crippen LogP contribution < -0.4 is 0 Å². The van der Waals surface area contributed by atoms with Crippen LogP contribution in [-0.2, 0) is 0 Å². The van der Waals surface area contributed by atoms with E-state index in [4.69, 9.17) is 0 Å². The maximum atomic E-state index is 12.1. The number of hydrogen-bond acceptors (Lipinski definition) is 3. The molecule has 0 aliphatic carbocycles. The predicted molar refractivity (Wildman–Crippen MR) is 69.0 cm³/mol. The predicted octanol–water partition coefficient (Wildman–Crippen LogP) is 2.34. The zero-order valence-electron chi connectivity index (χ0n) is 8.65. The zero-order valence-corrected chi connectivity index (χ0v) is 11.1. The van der Waals surface area contributed by atoms with Crippen molar-refractivity contribution in [3.05, 3.63) is 28.2 Å². The average molecular weight is 302 g/mol. The molecule has 1 aliphatic heterocycles. The molecule has 0 unspecified atom stereocenters. The van der Waals surface area contributed by atoms with Crippen LogP contribution in [0.5, 0.6) is 5.75 Å². The lowest BCUT2D eigenvalue weighted by Crippen LogP contribution is -2.37. The van der Waals surface area contributed by atoms with Crippen LogP contribution in [0.25, 0.3) is 0 Å². The highest BCUT2D eigenvalue weighted by Gasteiger charge is 2.20. The Hall–Kier alpha value is -0.680. The molecule has 1 fully saturated rings. The SMILES string of the molecule is O=C(c1cc(Br)ccc1O)N1CCSCC1. The molecule has 1 aromatic rings. The van der Waals surface area contributed by atoms with Crippen LogP contribution in [-0.4, -0.2) is 40.5 Å². The Balaban J connectivity index is 2.22. The highest BCUT2D eigenvalue weighted by atomic mass is 79.9. The molecule has 0 aromatic heterocycles. The number of carbonyl (C=O) groups excluding carboxylic acids is 1. The molecule has 0 saturated carbocycles. The molecule has 1 aliphatic rings. The Morgan fingerprint density at radius 1 is 1.38 bits per heavy atom. The van der Waals surface area contributed by atoms with Crippen molar-refractivity contribution in [3.8, 4) is 5.75 Å². The van der Waals surface area contributed by atoms with E-state index in [2.05, 4.69) is 15.9 Å². The quantitative estimate of drug-likeness (QED) is 0.865. The zero-order chi connectivity index (χ0) is 11.5. The van der Waals surface area contributed by atoms with Crippen molar-refractivity contribution >= 4 is 33.6 Å². The van der Waals surface area contributed by atoms with Crippen molar-refractivity contribution in [1.29, 1.82) is 0 Å². The maximum absolute atomic E-state index is 12.1. The lowest BCUT2D eigenvalue weighted by atomic mass is 10.1. The van der Waals surface area contributed by atoms with Crippen molar-refractivity contribution in [3.63, 3.8) is 0 Å². The van der Waals surface area contributed by atoms with Gasteiger partial charge in [-0.25, -0.2) is 0 Å². The van der Waals surface area contributed by atoms with Gasteiger partial charge in [0.2, 0.25) is 0 Å². The van der Waals surface area contributed by atoms with Crippen molar-refractivity contribution in [1.82, 2.24) is 4.90 Å². The molecular weight excluding hydrogens is 290 g/mol. The normalized spacial score (nSPS) is 16.2. The van der Waals surface area contributed by atoms with E-state index in [1.165, 1.54) is 6.07 Å². The van der Waals surface area contributed by atoms with E-state index in [1.807, 2.05) is 11.8 Å². The number of aromatic hydroxyl groups is 1. The fourth-order valence-electron chi connectivity index (χ4n) is 1.62. The number of halogens is 1. The molecule has 2 rings (SSSR count). The minimum Gasteiger partial charge on any atom is -0.507 e. The molecule has 0 spiro atoms. The Labute approximate surface area is 107 Å². The number of rotatable bonds is 1. The minimum absolute atomic E-state index is 0.0476. The first-order chi connectivity index (χ1) is 7.68. The summed E-state index contributed by atoms with van der Waals surface area (Å²) >= 11 is 5.16. The number of hydrogen-bond donors (Lipinski definition) is 1. The van der Waals surface area contributed by atoms with Crippen molar-refractivity contribution < 1.29 is 9.90 Å². The van der Waals surface area contributed by atoms with Crippen molar-refractivity contribution in [2.45, 2.75) is 0 Å². The molecule has 1 aromatic carbocycles. The van der Waals surface area contributed by atoms with Gasteiger partial charge < -0.3 is 10.0 Å². The molecule has 0 radical (unpaired) electrons. The molecular formula is C11H12BrNO2S. The summed E-state index contributed by atoms with van der Waals surface area (Å²) in [4.78, 5) is 13.9. The molecule has 0 bridgehead atoms. The van der Waals surface area contributed by atoms with Crippen molar-refractivity contribution in [2.24, 2.45) is 0 Å². The van der Waals surface area contributed by atoms with Gasteiger partial charge >= 0.3 is 0 Å². The van der Waals surface area contributed by atoms with E-state index in [0.29, 0.717) is 5.56 Å². The number of benzene rings is 1. The van der Waals surface area contributed by atoms with E-state index in [1.54, 1.807) is 17.0 Å². The summed E-state index contributed by atoms with van der Waals surface area (Å²) in [5, 5.41) is 9.66. The molecule has 1 amide bonds. The van der Waals surface area contributed by atoms with Crippen LogP contribution in [0.2, 0.25) is 0 Å². The summed E-state index contributed by atoms with van der Waals surface area (Å²) in [6, 6.07) is 4.92. The smallest absolute Gasteiger partial charge is 0.257 e. The van der Waals surface area contributed by atoms with Gasteiger partial charge in [-0.05, 0) is 18.2 Å². The summed E-state index contributed by atoms with van der Waals surface area (Å²) in [5.41, 5.74) is 0.376. The molecule has 1 heterocycles. The number of nitrogens with zero attached hydrogens (tertiary/aromatic N) is 1. The second-order valence-electron chi connectivity index (χ2n) is 3.57. The van der Waals surface area contributed by atoms with Gasteiger partial charge in [-0.2, -0.15) is 11.8 Å². The van der Waals surface area contributed by atoms with Gasteiger partial charge in [0.15, 0.2) is 0 Å². The number of phenols is 1. The highest BCUT2D eigenvalue weighted by molar-refractivity contribution is 9.10. The summed E-state index contributed by atoms with van der Waals surface area (Å²) in [7, 11) is 0. The largest absolute Gasteiger partial charge is 0.507 e. The molecule has 5 heteroatoms. The van der Waals surface area contributed by atoms with E-state index < -0.39 is 0 Å². The van der Waals surface area contributed by atoms with Crippen LogP contribution in [0.3, 0.4) is 0 Å². The average Bonchev–Trinajstić information content (AvgIpc) is 2.32. The topological polar surface area (TPSA) is 40.5 Å². The molecule has 3 nitrogen and oxygen atoms in total. The van der Waals surface area contributed by atoms with Crippen LogP contribution in [0, 0.1) is 0 Å². The molecule has 86 valence electrons. The maximum Gasteiger partial charge on any atom is 0.257 e. The highest BCUT2D eigenvalue weighted by Crippen LogP contribution is 2.24. The Morgan fingerprint density at radius 2 is 2.06 bits per heavy atom. The van der Waals surface area contributed by atoms with Crippen LogP contribution in [0.4, 0.5) is 0 Å². The van der Waals surface area contributed by atoms with Gasteiger partial charge in [-0.3, -0.25) is 4.79 Å². The second-order valence-corrected chi connectivity index (χ2v) is 5.71. The van der Waals surface area contributed by atoms with E-state index >= 15 is 0 Å². The van der Waals surface area contributed by atoms with Crippen LogP contribution in [0.15, 0.2) is 22.7 Å². The minimum atomic E-state index is -0.0842. The van der Waals surface area contributed by atoms with Gasteiger partial charge in [-0.15, -0.1) is 0 Å². The summed E-state index contributed by atoms with van der Waals surface area (Å²) < 4.78 is 0.806. The number of carbonyl (C=O) groups is 1. The fourth-order valence-corrected chi connectivity index (χ4v) is 2.88. The lowest BCUT2D eigenvalue weighted by molar-refractivity contribution is 0.0769. The third kappa shape index (κ3) is 2.52. The van der Waals surface area contributed by atoms with Crippen molar-refractivity contribution in [2.75, 3.05) is 24.6 Å². The summed E-state index contributed by atoms with van der Waals surface area (Å²) in [6.07, 6.45) is 0. The Morgan fingerprint density at radius 3 is 2.75 bits per heavy atom. The van der Waals surface area contributed by atoms with Gasteiger partial charge in [0.25, 0.3) is 5.91 Å². The Kier molecular flexibility index (Phi) is 3.76. The number of amides is 1. The van der Waals surface area contributed by atoms with E-state index in [-0.39, 0.29) is 11.7 Å². The first-order valence-electron chi connectivity index (χ1n) is 5.04. The van der Waals surface area contributed by atoms with Gasteiger partial charge in [0.1, 0.15) is 5.75 Å². The third-order valence-electron chi connectivity index (χ3n) is 2.49. The molecule has 1 N–H and O–H groups in total. The van der Waals surface area contributed by atoms with Gasteiger partial charge in [0.05, 0.1) is 5.56 Å². The first kappa shape index (κ1) is 11.8.